The van der Waals surface area contributed by atoms with Gasteiger partial charge in [0.1, 0.15) is 0 Å². The van der Waals surface area contributed by atoms with Crippen LogP contribution in [0.5, 0.6) is 0 Å². The lowest BCUT2D eigenvalue weighted by Gasteiger charge is -2.26. The van der Waals surface area contributed by atoms with Crippen LogP contribution in [-0.2, 0) is 19.6 Å². The zero-order valence-corrected chi connectivity index (χ0v) is 15.0. The fourth-order valence-electron chi connectivity index (χ4n) is 2.38. The Hall–Kier alpha value is -1.74. The van der Waals surface area contributed by atoms with Gasteiger partial charge in [-0.05, 0) is 30.2 Å². The molecule has 2 N–H and O–H groups in total. The SMILES string of the molecule is CC[C@H](CO)NC(=O)/C=C/c1ccc(S(=O)(=O)N2CCOCC2)cc1. The molecule has 7 nitrogen and oxygen atoms in total. The number of nitrogens with zero attached hydrogens (tertiary/aromatic N) is 1. The monoisotopic (exact) mass is 368 g/mol. The van der Waals surface area contributed by atoms with E-state index in [1.165, 1.54) is 22.5 Å². The van der Waals surface area contributed by atoms with Crippen LogP contribution in [0, 0.1) is 0 Å². The van der Waals surface area contributed by atoms with Crippen LogP contribution in [0.4, 0.5) is 0 Å². The van der Waals surface area contributed by atoms with Crippen molar-refractivity contribution in [3.05, 3.63) is 35.9 Å². The Balaban J connectivity index is 2.02. The lowest BCUT2D eigenvalue weighted by Crippen LogP contribution is -2.40. The molecule has 1 aliphatic heterocycles. The van der Waals surface area contributed by atoms with Gasteiger partial charge in [-0.15, -0.1) is 0 Å². The topological polar surface area (TPSA) is 95.9 Å². The van der Waals surface area contributed by atoms with Crippen LogP contribution >= 0.6 is 0 Å². The second-order valence-corrected chi connectivity index (χ2v) is 7.65. The third-order valence-electron chi connectivity index (χ3n) is 3.97. The minimum absolute atomic E-state index is 0.107. The third kappa shape index (κ3) is 5.37. The van der Waals surface area contributed by atoms with E-state index in [2.05, 4.69) is 5.32 Å². The lowest BCUT2D eigenvalue weighted by atomic mass is 10.2. The van der Waals surface area contributed by atoms with Gasteiger partial charge >= 0.3 is 0 Å². The first-order valence-corrected chi connectivity index (χ1v) is 9.68. The van der Waals surface area contributed by atoms with Crippen LogP contribution in [-0.4, -0.2) is 62.7 Å². The van der Waals surface area contributed by atoms with E-state index >= 15 is 0 Å². The number of nitrogens with one attached hydrogen (secondary N) is 1. The highest BCUT2D eigenvalue weighted by Crippen LogP contribution is 2.18. The number of amides is 1. The average molecular weight is 368 g/mol. The summed E-state index contributed by atoms with van der Waals surface area (Å²) in [6.45, 7) is 3.29. The molecule has 1 amide bonds. The minimum Gasteiger partial charge on any atom is -0.394 e. The molecule has 1 aromatic rings. The van der Waals surface area contributed by atoms with Crippen LogP contribution in [0.1, 0.15) is 18.9 Å². The molecular formula is C17H24N2O5S. The van der Waals surface area contributed by atoms with Gasteiger partial charge in [0.05, 0.1) is 30.8 Å². The number of hydrogen-bond acceptors (Lipinski definition) is 5. The van der Waals surface area contributed by atoms with Gasteiger partial charge < -0.3 is 15.2 Å². The summed E-state index contributed by atoms with van der Waals surface area (Å²) in [7, 11) is -3.51. The van der Waals surface area contributed by atoms with E-state index in [1.807, 2.05) is 6.92 Å². The minimum atomic E-state index is -3.51. The van der Waals surface area contributed by atoms with Crippen LogP contribution in [0.25, 0.3) is 6.08 Å². The van der Waals surface area contributed by atoms with Crippen molar-refractivity contribution in [3.8, 4) is 0 Å². The van der Waals surface area contributed by atoms with E-state index < -0.39 is 10.0 Å². The number of benzene rings is 1. The molecule has 138 valence electrons. The molecule has 1 aromatic carbocycles. The number of carbonyl (C=O) groups excluding carboxylic acids is 1. The highest BCUT2D eigenvalue weighted by molar-refractivity contribution is 7.89. The van der Waals surface area contributed by atoms with Gasteiger partial charge in [-0.2, -0.15) is 4.31 Å². The molecule has 8 heteroatoms. The Morgan fingerprint density at radius 3 is 2.52 bits per heavy atom. The first-order chi connectivity index (χ1) is 12.0. The molecule has 0 aromatic heterocycles. The first kappa shape index (κ1) is 19.6. The number of ether oxygens (including phenoxy) is 1. The van der Waals surface area contributed by atoms with Crippen LogP contribution in [0.2, 0.25) is 0 Å². The number of rotatable bonds is 7. The molecular weight excluding hydrogens is 344 g/mol. The molecule has 1 heterocycles. The molecule has 0 radical (unpaired) electrons. The molecule has 0 aliphatic carbocycles. The summed E-state index contributed by atoms with van der Waals surface area (Å²) in [4.78, 5) is 12.0. The smallest absolute Gasteiger partial charge is 0.244 e. The van der Waals surface area contributed by atoms with Crippen LogP contribution in [0.3, 0.4) is 0 Å². The zero-order chi connectivity index (χ0) is 18.3. The van der Waals surface area contributed by atoms with E-state index in [1.54, 1.807) is 18.2 Å². The lowest BCUT2D eigenvalue weighted by molar-refractivity contribution is -0.117. The summed E-state index contributed by atoms with van der Waals surface area (Å²) < 4.78 is 31.6. The van der Waals surface area contributed by atoms with E-state index in [-0.39, 0.29) is 23.5 Å². The molecule has 0 saturated carbocycles. The summed E-state index contributed by atoms with van der Waals surface area (Å²) in [5.74, 6) is -0.300. The molecule has 0 unspecified atom stereocenters. The predicted molar refractivity (Wildman–Crippen MR) is 94.4 cm³/mol. The molecule has 2 rings (SSSR count). The molecule has 0 bridgehead atoms. The van der Waals surface area contributed by atoms with E-state index in [0.717, 1.165) is 0 Å². The van der Waals surface area contributed by atoms with Crippen molar-refractivity contribution in [2.75, 3.05) is 32.9 Å². The summed E-state index contributed by atoms with van der Waals surface area (Å²) >= 11 is 0. The van der Waals surface area contributed by atoms with Crippen molar-refractivity contribution in [1.82, 2.24) is 9.62 Å². The maximum atomic E-state index is 12.5. The van der Waals surface area contributed by atoms with Crippen LogP contribution in [0.15, 0.2) is 35.2 Å². The van der Waals surface area contributed by atoms with Gasteiger partial charge in [0.25, 0.3) is 0 Å². The predicted octanol–water partition coefficient (Wildman–Crippen LogP) is 0.608. The Morgan fingerprint density at radius 1 is 1.32 bits per heavy atom. The Kier molecular flexibility index (Phi) is 7.12. The maximum Gasteiger partial charge on any atom is 0.244 e. The molecule has 25 heavy (non-hydrogen) atoms. The Labute approximate surface area is 148 Å². The largest absolute Gasteiger partial charge is 0.394 e. The molecule has 1 saturated heterocycles. The normalized spacial score (nSPS) is 17.5. The van der Waals surface area contributed by atoms with Crippen molar-refractivity contribution in [2.24, 2.45) is 0 Å². The van der Waals surface area contributed by atoms with Gasteiger partial charge in [-0.1, -0.05) is 19.1 Å². The number of carbonyl (C=O) groups is 1. The Morgan fingerprint density at radius 2 is 1.96 bits per heavy atom. The maximum absolute atomic E-state index is 12.5. The fraction of sp³-hybridized carbons (Fsp3) is 0.471. The summed E-state index contributed by atoms with van der Waals surface area (Å²) in [6.07, 6.45) is 3.61. The standard InChI is InChI=1S/C17H24N2O5S/c1-2-15(13-20)18-17(21)8-5-14-3-6-16(7-4-14)25(22,23)19-9-11-24-12-10-19/h3-8,15,20H,2,9-13H2,1H3,(H,18,21)/b8-5+/t15-/m1/s1. The summed E-state index contributed by atoms with van der Waals surface area (Å²) in [5, 5.41) is 11.7. The highest BCUT2D eigenvalue weighted by Gasteiger charge is 2.25. The van der Waals surface area contributed by atoms with E-state index in [4.69, 9.17) is 9.84 Å². The molecule has 1 fully saturated rings. The van der Waals surface area contributed by atoms with Crippen molar-refractivity contribution in [1.29, 1.82) is 0 Å². The molecule has 1 aliphatic rings. The van der Waals surface area contributed by atoms with Crippen LogP contribution < -0.4 is 5.32 Å². The van der Waals surface area contributed by atoms with Crippen molar-refractivity contribution in [2.45, 2.75) is 24.3 Å². The van der Waals surface area contributed by atoms with Gasteiger partial charge in [-0.3, -0.25) is 4.79 Å². The van der Waals surface area contributed by atoms with E-state index in [0.29, 0.717) is 38.3 Å². The third-order valence-corrected chi connectivity index (χ3v) is 5.89. The van der Waals surface area contributed by atoms with Crippen molar-refractivity contribution < 1.29 is 23.1 Å². The molecule has 0 spiro atoms. The number of aliphatic hydroxyl groups is 1. The second-order valence-electron chi connectivity index (χ2n) is 5.72. The van der Waals surface area contributed by atoms with Gasteiger partial charge in [0, 0.05) is 19.2 Å². The number of morpholine rings is 1. The quantitative estimate of drug-likeness (QED) is 0.688. The van der Waals surface area contributed by atoms with Crippen molar-refractivity contribution >= 4 is 22.0 Å². The molecule has 1 atom stereocenters. The fourth-order valence-corrected chi connectivity index (χ4v) is 3.79. The number of aliphatic hydroxyl groups excluding tert-OH is 1. The second kappa shape index (κ2) is 9.10. The van der Waals surface area contributed by atoms with Gasteiger partial charge in [0.15, 0.2) is 0 Å². The van der Waals surface area contributed by atoms with Gasteiger partial charge in [-0.25, -0.2) is 8.42 Å². The number of sulfonamides is 1. The highest BCUT2D eigenvalue weighted by atomic mass is 32.2. The zero-order valence-electron chi connectivity index (χ0n) is 14.2. The number of hydrogen-bond donors (Lipinski definition) is 2. The summed E-state index contributed by atoms with van der Waals surface area (Å²) in [5.41, 5.74) is 0.716. The Bertz CT molecular complexity index is 690. The van der Waals surface area contributed by atoms with Gasteiger partial charge in [0.2, 0.25) is 15.9 Å². The summed E-state index contributed by atoms with van der Waals surface area (Å²) in [6, 6.07) is 6.11. The first-order valence-electron chi connectivity index (χ1n) is 8.24. The van der Waals surface area contributed by atoms with Crippen molar-refractivity contribution in [3.63, 3.8) is 0 Å². The van der Waals surface area contributed by atoms with E-state index in [9.17, 15) is 13.2 Å². The average Bonchev–Trinajstić information content (AvgIpc) is 2.65.